The minimum Gasteiger partial charge on any atom is -0.497 e. The maximum atomic E-state index is 12.8. The largest absolute Gasteiger partial charge is 0.497 e. The van der Waals surface area contributed by atoms with Crippen molar-refractivity contribution in [2.45, 2.75) is 25.9 Å². The van der Waals surface area contributed by atoms with Crippen LogP contribution in [0.2, 0.25) is 0 Å². The maximum Gasteiger partial charge on any atom is 0.338 e. The van der Waals surface area contributed by atoms with E-state index in [-0.39, 0.29) is 12.3 Å². The third-order valence-corrected chi connectivity index (χ3v) is 6.38. The predicted molar refractivity (Wildman–Crippen MR) is 128 cm³/mol. The molecule has 0 bridgehead atoms. The number of aliphatic imine (C=N–C) groups is 1. The van der Waals surface area contributed by atoms with Gasteiger partial charge in [0.15, 0.2) is 5.17 Å². The van der Waals surface area contributed by atoms with Crippen LogP contribution in [-0.4, -0.2) is 36.2 Å². The van der Waals surface area contributed by atoms with Crippen LogP contribution in [0.5, 0.6) is 5.75 Å². The number of allylic oxidation sites excluding steroid dienone is 1. The first-order valence-electron chi connectivity index (χ1n) is 10.5. The number of benzene rings is 2. The number of thioether (sulfide) groups is 1. The Morgan fingerprint density at radius 2 is 1.91 bits per heavy atom. The van der Waals surface area contributed by atoms with E-state index >= 15 is 0 Å². The fourth-order valence-electron chi connectivity index (χ4n) is 3.89. The van der Waals surface area contributed by atoms with Gasteiger partial charge in [0.2, 0.25) is 5.91 Å². The van der Waals surface area contributed by atoms with Crippen molar-refractivity contribution >= 4 is 28.8 Å². The third kappa shape index (κ3) is 4.80. The van der Waals surface area contributed by atoms with Gasteiger partial charge in [-0.05, 0) is 35.6 Å². The van der Waals surface area contributed by atoms with E-state index in [0.29, 0.717) is 23.6 Å². The molecule has 8 heteroatoms. The Kier molecular flexibility index (Phi) is 6.84. The number of methoxy groups -OCH3 is 2. The Hall–Kier alpha value is -3.52. The lowest BCUT2D eigenvalue weighted by Gasteiger charge is -2.36. The van der Waals surface area contributed by atoms with Gasteiger partial charge < -0.3 is 19.7 Å². The molecule has 2 aliphatic rings. The smallest absolute Gasteiger partial charge is 0.338 e. The molecular weight excluding hydrogens is 438 g/mol. The third-order valence-electron chi connectivity index (χ3n) is 5.49. The molecule has 1 atom stereocenters. The van der Waals surface area contributed by atoms with Gasteiger partial charge in [0.25, 0.3) is 0 Å². The molecule has 170 valence electrons. The van der Waals surface area contributed by atoms with Crippen molar-refractivity contribution < 1.29 is 19.1 Å². The van der Waals surface area contributed by atoms with Crippen molar-refractivity contribution in [3.05, 3.63) is 88.1 Å². The topological polar surface area (TPSA) is 80.2 Å². The molecule has 0 saturated carbocycles. The van der Waals surface area contributed by atoms with Crippen LogP contribution in [-0.2, 0) is 20.9 Å². The molecule has 7 nitrogen and oxygen atoms in total. The van der Waals surface area contributed by atoms with E-state index < -0.39 is 12.0 Å². The van der Waals surface area contributed by atoms with Gasteiger partial charge in [-0.2, -0.15) is 0 Å². The fourth-order valence-corrected chi connectivity index (χ4v) is 4.86. The molecule has 2 aromatic carbocycles. The zero-order valence-electron chi connectivity index (χ0n) is 18.7. The molecule has 0 unspecified atom stereocenters. The number of amidine groups is 1. The highest BCUT2D eigenvalue weighted by molar-refractivity contribution is 8.16. The van der Waals surface area contributed by atoms with E-state index in [9.17, 15) is 9.59 Å². The maximum absolute atomic E-state index is 12.8. The molecule has 0 fully saturated rings. The van der Waals surface area contributed by atoms with Gasteiger partial charge in [0.05, 0.1) is 38.0 Å². The Morgan fingerprint density at radius 1 is 1.12 bits per heavy atom. The number of hydrogen-bond acceptors (Lipinski definition) is 7. The summed E-state index contributed by atoms with van der Waals surface area (Å²) in [5, 5.41) is 5.61. The molecule has 1 N–H and O–H groups in total. The molecule has 0 spiro atoms. The summed E-state index contributed by atoms with van der Waals surface area (Å²) in [4.78, 5) is 32.1. The van der Waals surface area contributed by atoms with Crippen LogP contribution in [0.25, 0.3) is 0 Å². The standard InChI is InChI=1S/C25H25N3O4S/c1-16-22(24(30)32-3)23(18-10-7-11-20(12-18)31-2)28-19(15-33-25(28)27-16)13-21(29)26-14-17-8-5-4-6-9-17/h4-12,15,23H,13-14H2,1-3H3,(H,26,29)/t23-/m0/s1. The SMILES string of the molecule is COC(=O)C1=C(C)N=C2SC=C(CC(=O)NCc3ccccc3)N2[C@H]1c1cccc(OC)c1. The van der Waals surface area contributed by atoms with Crippen LogP contribution in [0, 0.1) is 0 Å². The summed E-state index contributed by atoms with van der Waals surface area (Å²) in [7, 11) is 2.96. The minimum absolute atomic E-state index is 0.109. The fraction of sp³-hybridized carbons (Fsp3) is 0.240. The number of carbonyl (C=O) groups excluding carboxylic acids is 2. The highest BCUT2D eigenvalue weighted by Gasteiger charge is 2.41. The summed E-state index contributed by atoms with van der Waals surface area (Å²) < 4.78 is 10.5. The van der Waals surface area contributed by atoms with Crippen molar-refractivity contribution in [2.24, 2.45) is 4.99 Å². The molecule has 0 saturated heterocycles. The Morgan fingerprint density at radius 3 is 2.64 bits per heavy atom. The lowest BCUT2D eigenvalue weighted by molar-refractivity contribution is -0.136. The lowest BCUT2D eigenvalue weighted by atomic mass is 9.93. The van der Waals surface area contributed by atoms with Crippen molar-refractivity contribution in [1.82, 2.24) is 10.2 Å². The Balaban J connectivity index is 1.62. The first-order valence-corrected chi connectivity index (χ1v) is 11.4. The van der Waals surface area contributed by atoms with Crippen LogP contribution in [0.15, 0.2) is 82.0 Å². The molecule has 2 heterocycles. The van der Waals surface area contributed by atoms with Gasteiger partial charge in [-0.3, -0.25) is 4.79 Å². The van der Waals surface area contributed by atoms with Crippen molar-refractivity contribution in [3.63, 3.8) is 0 Å². The minimum atomic E-state index is -0.483. The van der Waals surface area contributed by atoms with Gasteiger partial charge in [-0.25, -0.2) is 9.79 Å². The molecule has 0 aliphatic carbocycles. The predicted octanol–water partition coefficient (Wildman–Crippen LogP) is 4.15. The second-order valence-corrected chi connectivity index (χ2v) is 8.44. The molecule has 33 heavy (non-hydrogen) atoms. The number of ether oxygens (including phenoxy) is 2. The number of amides is 1. The molecular formula is C25H25N3O4S. The average molecular weight is 464 g/mol. The summed E-state index contributed by atoms with van der Waals surface area (Å²) in [5.74, 6) is 0.117. The molecule has 0 aromatic heterocycles. The monoisotopic (exact) mass is 463 g/mol. The first-order chi connectivity index (χ1) is 16.0. The number of esters is 1. The van der Waals surface area contributed by atoms with E-state index in [1.54, 1.807) is 14.0 Å². The van der Waals surface area contributed by atoms with Gasteiger partial charge >= 0.3 is 5.97 Å². The van der Waals surface area contributed by atoms with Crippen LogP contribution in [0.4, 0.5) is 0 Å². The van der Waals surface area contributed by atoms with Crippen molar-refractivity contribution in [2.75, 3.05) is 14.2 Å². The average Bonchev–Trinajstić information content (AvgIpc) is 3.23. The summed E-state index contributed by atoms with van der Waals surface area (Å²) >= 11 is 1.44. The number of rotatable bonds is 7. The number of hydrogen-bond donors (Lipinski definition) is 1. The van der Waals surface area contributed by atoms with Crippen molar-refractivity contribution in [1.29, 1.82) is 0 Å². The summed E-state index contributed by atoms with van der Waals surface area (Å²) in [6.07, 6.45) is 0.160. The number of fused-ring (bicyclic) bond motifs is 1. The van der Waals surface area contributed by atoms with Crippen LogP contribution < -0.4 is 10.1 Å². The quantitative estimate of drug-likeness (QED) is 0.622. The van der Waals surface area contributed by atoms with E-state index in [1.165, 1.54) is 18.9 Å². The highest BCUT2D eigenvalue weighted by Crippen LogP contribution is 2.45. The molecule has 0 radical (unpaired) electrons. The van der Waals surface area contributed by atoms with Crippen molar-refractivity contribution in [3.8, 4) is 5.75 Å². The summed E-state index contributed by atoms with van der Waals surface area (Å²) in [6, 6.07) is 16.8. The second kappa shape index (κ2) is 9.95. The Labute approximate surface area is 197 Å². The van der Waals surface area contributed by atoms with Crippen LogP contribution in [0.1, 0.15) is 30.5 Å². The van der Waals surface area contributed by atoms with Crippen LogP contribution in [0.3, 0.4) is 0 Å². The Bertz CT molecular complexity index is 1160. The van der Waals surface area contributed by atoms with Gasteiger partial charge in [0, 0.05) is 12.2 Å². The number of carbonyl (C=O) groups is 2. The van der Waals surface area contributed by atoms with Crippen LogP contribution >= 0.6 is 11.8 Å². The normalized spacial score (nSPS) is 17.2. The lowest BCUT2D eigenvalue weighted by Crippen LogP contribution is -2.37. The number of nitrogens with one attached hydrogen (secondary N) is 1. The van der Waals surface area contributed by atoms with Gasteiger partial charge in [0.1, 0.15) is 5.75 Å². The summed E-state index contributed by atoms with van der Waals surface area (Å²) in [5.41, 5.74) is 3.68. The molecule has 2 aliphatic heterocycles. The van der Waals surface area contributed by atoms with E-state index in [1.807, 2.05) is 64.9 Å². The first kappa shape index (κ1) is 22.7. The highest BCUT2D eigenvalue weighted by atomic mass is 32.2. The van der Waals surface area contributed by atoms with E-state index in [4.69, 9.17) is 9.47 Å². The molecule has 1 amide bonds. The molecule has 2 aromatic rings. The molecule has 4 rings (SSSR count). The van der Waals surface area contributed by atoms with E-state index in [2.05, 4.69) is 10.3 Å². The second-order valence-electron chi connectivity index (χ2n) is 7.60. The zero-order valence-corrected chi connectivity index (χ0v) is 19.5. The summed E-state index contributed by atoms with van der Waals surface area (Å²) in [6.45, 7) is 2.25. The number of nitrogens with zero attached hydrogens (tertiary/aromatic N) is 2. The van der Waals surface area contributed by atoms with Gasteiger partial charge in [-0.1, -0.05) is 54.2 Å². The van der Waals surface area contributed by atoms with Gasteiger partial charge in [-0.15, -0.1) is 0 Å². The zero-order chi connectivity index (χ0) is 23.4. The van der Waals surface area contributed by atoms with E-state index in [0.717, 1.165) is 22.0 Å².